The van der Waals surface area contributed by atoms with E-state index in [2.05, 4.69) is 31.3 Å². The topological polar surface area (TPSA) is 21.3 Å². The van der Waals surface area contributed by atoms with Gasteiger partial charge in [0.2, 0.25) is 0 Å². The number of benzene rings is 2. The van der Waals surface area contributed by atoms with Gasteiger partial charge in [0.15, 0.2) is 0 Å². The number of hydrogen-bond donors (Lipinski definition) is 1. The fourth-order valence-electron chi connectivity index (χ4n) is 2.09. The molecule has 0 unspecified atom stereocenters. The summed E-state index contributed by atoms with van der Waals surface area (Å²) in [6.45, 7) is 5.07. The number of ether oxygens (including phenoxy) is 1. The van der Waals surface area contributed by atoms with Gasteiger partial charge in [-0.25, -0.2) is 0 Å². The highest BCUT2D eigenvalue weighted by Crippen LogP contribution is 2.29. The molecule has 0 bridgehead atoms. The van der Waals surface area contributed by atoms with Crippen LogP contribution in [0.5, 0.6) is 5.75 Å². The molecular formula is C17H20ClNO. The Bertz CT molecular complexity index is 581. The molecule has 0 aliphatic heterocycles. The molecule has 2 rings (SSSR count). The molecule has 20 heavy (non-hydrogen) atoms. The second-order valence-electron chi connectivity index (χ2n) is 5.07. The molecule has 2 aromatic carbocycles. The summed E-state index contributed by atoms with van der Waals surface area (Å²) in [5, 5.41) is 4.20. The minimum atomic E-state index is 0.437. The van der Waals surface area contributed by atoms with E-state index in [1.807, 2.05) is 30.3 Å². The summed E-state index contributed by atoms with van der Waals surface area (Å²) >= 11 is 6.13. The van der Waals surface area contributed by atoms with Gasteiger partial charge >= 0.3 is 0 Å². The van der Waals surface area contributed by atoms with Gasteiger partial charge in [-0.05, 0) is 41.0 Å². The van der Waals surface area contributed by atoms with Crippen LogP contribution in [0.15, 0.2) is 42.5 Å². The molecule has 0 amide bonds. The zero-order chi connectivity index (χ0) is 14.5. The average Bonchev–Trinajstić information content (AvgIpc) is 2.45. The van der Waals surface area contributed by atoms with Crippen molar-refractivity contribution in [1.29, 1.82) is 0 Å². The van der Waals surface area contributed by atoms with Gasteiger partial charge in [0.25, 0.3) is 0 Å². The Labute approximate surface area is 125 Å². The summed E-state index contributed by atoms with van der Waals surface area (Å²) in [5.41, 5.74) is 3.52. The van der Waals surface area contributed by atoms with E-state index in [9.17, 15) is 0 Å². The molecule has 2 aromatic rings. The number of nitrogens with one attached hydrogen (secondary N) is 1. The monoisotopic (exact) mass is 289 g/mol. The predicted octanol–water partition coefficient (Wildman–Crippen LogP) is 4.51. The van der Waals surface area contributed by atoms with Gasteiger partial charge in [-0.2, -0.15) is 0 Å². The molecular weight excluding hydrogens is 270 g/mol. The van der Waals surface area contributed by atoms with E-state index < -0.39 is 0 Å². The summed E-state index contributed by atoms with van der Waals surface area (Å²) in [6.07, 6.45) is 0. The average molecular weight is 290 g/mol. The predicted molar refractivity (Wildman–Crippen MR) is 85.4 cm³/mol. The third-order valence-corrected chi connectivity index (χ3v) is 3.38. The summed E-state index contributed by atoms with van der Waals surface area (Å²) in [7, 11) is 1.68. The molecule has 0 spiro atoms. The summed E-state index contributed by atoms with van der Waals surface area (Å²) in [4.78, 5) is 0. The molecule has 0 atom stereocenters. The highest BCUT2D eigenvalue weighted by molar-refractivity contribution is 6.30. The zero-order valence-corrected chi connectivity index (χ0v) is 12.9. The normalized spacial score (nSPS) is 10.8. The van der Waals surface area contributed by atoms with Gasteiger partial charge in [0.05, 0.1) is 7.11 Å². The lowest BCUT2D eigenvalue weighted by molar-refractivity contribution is 0.415. The van der Waals surface area contributed by atoms with E-state index in [0.717, 1.165) is 22.9 Å². The largest absolute Gasteiger partial charge is 0.497 e. The third-order valence-electron chi connectivity index (χ3n) is 3.15. The second kappa shape index (κ2) is 6.78. The summed E-state index contributed by atoms with van der Waals surface area (Å²) < 4.78 is 5.30. The molecule has 0 aliphatic rings. The number of halogens is 1. The summed E-state index contributed by atoms with van der Waals surface area (Å²) in [5.74, 6) is 0.861. The van der Waals surface area contributed by atoms with Gasteiger partial charge in [-0.1, -0.05) is 43.6 Å². The van der Waals surface area contributed by atoms with E-state index in [4.69, 9.17) is 16.3 Å². The van der Waals surface area contributed by atoms with E-state index in [1.165, 1.54) is 11.1 Å². The lowest BCUT2D eigenvalue weighted by Gasteiger charge is -2.14. The van der Waals surface area contributed by atoms with Crippen LogP contribution in [0.3, 0.4) is 0 Å². The molecule has 0 radical (unpaired) electrons. The molecule has 3 heteroatoms. The first-order valence-electron chi connectivity index (χ1n) is 6.76. The Kier molecular flexibility index (Phi) is 5.05. The first kappa shape index (κ1) is 14.9. The minimum Gasteiger partial charge on any atom is -0.497 e. The van der Waals surface area contributed by atoms with Crippen molar-refractivity contribution >= 4 is 11.6 Å². The number of rotatable bonds is 5. The van der Waals surface area contributed by atoms with Crippen LogP contribution in [0.2, 0.25) is 5.02 Å². The van der Waals surface area contributed by atoms with Crippen LogP contribution in [0.4, 0.5) is 0 Å². The Balaban J connectivity index is 2.38. The highest BCUT2D eigenvalue weighted by Gasteiger charge is 2.07. The quantitative estimate of drug-likeness (QED) is 0.874. The summed E-state index contributed by atoms with van der Waals surface area (Å²) in [6, 6.07) is 14.5. The SMILES string of the molecule is COc1cccc(-c2ccc(Cl)cc2CNC(C)C)c1. The van der Waals surface area contributed by atoms with Crippen molar-refractivity contribution in [2.75, 3.05) is 7.11 Å². The van der Waals surface area contributed by atoms with Gasteiger partial charge in [0, 0.05) is 17.6 Å². The number of hydrogen-bond acceptors (Lipinski definition) is 2. The van der Waals surface area contributed by atoms with Crippen LogP contribution in [0, 0.1) is 0 Å². The second-order valence-corrected chi connectivity index (χ2v) is 5.51. The van der Waals surface area contributed by atoms with Crippen molar-refractivity contribution < 1.29 is 4.74 Å². The smallest absolute Gasteiger partial charge is 0.119 e. The zero-order valence-electron chi connectivity index (χ0n) is 12.1. The maximum atomic E-state index is 6.13. The van der Waals surface area contributed by atoms with E-state index >= 15 is 0 Å². The van der Waals surface area contributed by atoms with Gasteiger partial charge < -0.3 is 10.1 Å². The molecule has 106 valence electrons. The van der Waals surface area contributed by atoms with Crippen LogP contribution in [-0.2, 0) is 6.54 Å². The van der Waals surface area contributed by atoms with Crippen molar-refractivity contribution in [3.8, 4) is 16.9 Å². The fraction of sp³-hybridized carbons (Fsp3) is 0.294. The highest BCUT2D eigenvalue weighted by atomic mass is 35.5. The van der Waals surface area contributed by atoms with Crippen molar-refractivity contribution in [2.45, 2.75) is 26.4 Å². The first-order chi connectivity index (χ1) is 9.60. The maximum Gasteiger partial charge on any atom is 0.119 e. The molecule has 0 saturated heterocycles. The number of methoxy groups -OCH3 is 1. The Morgan fingerprint density at radius 3 is 2.65 bits per heavy atom. The van der Waals surface area contributed by atoms with Crippen molar-refractivity contribution in [3.63, 3.8) is 0 Å². The van der Waals surface area contributed by atoms with Crippen LogP contribution in [-0.4, -0.2) is 13.2 Å². The van der Waals surface area contributed by atoms with E-state index in [1.54, 1.807) is 7.11 Å². The van der Waals surface area contributed by atoms with Crippen molar-refractivity contribution in [1.82, 2.24) is 5.32 Å². The molecule has 0 fully saturated rings. The van der Waals surface area contributed by atoms with Gasteiger partial charge in [-0.15, -0.1) is 0 Å². The Hall–Kier alpha value is -1.51. The lowest BCUT2D eigenvalue weighted by atomic mass is 9.99. The van der Waals surface area contributed by atoms with E-state index in [-0.39, 0.29) is 0 Å². The van der Waals surface area contributed by atoms with Gasteiger partial charge in [0.1, 0.15) is 5.75 Å². The van der Waals surface area contributed by atoms with Crippen LogP contribution in [0.25, 0.3) is 11.1 Å². The van der Waals surface area contributed by atoms with Crippen molar-refractivity contribution in [3.05, 3.63) is 53.1 Å². The Morgan fingerprint density at radius 2 is 1.95 bits per heavy atom. The van der Waals surface area contributed by atoms with Crippen LogP contribution in [0.1, 0.15) is 19.4 Å². The fourth-order valence-corrected chi connectivity index (χ4v) is 2.29. The minimum absolute atomic E-state index is 0.437. The standard InChI is InChI=1S/C17H20ClNO/c1-12(2)19-11-14-9-15(18)7-8-17(14)13-5-4-6-16(10-13)20-3/h4-10,12,19H,11H2,1-3H3. The molecule has 1 N–H and O–H groups in total. The molecule has 0 saturated carbocycles. The lowest BCUT2D eigenvalue weighted by Crippen LogP contribution is -2.22. The molecule has 0 heterocycles. The van der Waals surface area contributed by atoms with Crippen molar-refractivity contribution in [2.24, 2.45) is 0 Å². The third kappa shape index (κ3) is 3.75. The molecule has 0 aliphatic carbocycles. The molecule has 2 nitrogen and oxygen atoms in total. The molecule has 0 aromatic heterocycles. The Morgan fingerprint density at radius 1 is 1.15 bits per heavy atom. The van der Waals surface area contributed by atoms with Gasteiger partial charge in [-0.3, -0.25) is 0 Å². The van der Waals surface area contributed by atoms with Crippen LogP contribution < -0.4 is 10.1 Å². The first-order valence-corrected chi connectivity index (χ1v) is 7.14. The van der Waals surface area contributed by atoms with Crippen LogP contribution >= 0.6 is 11.6 Å². The maximum absolute atomic E-state index is 6.13. The van der Waals surface area contributed by atoms with E-state index in [0.29, 0.717) is 6.04 Å².